The van der Waals surface area contributed by atoms with Crippen molar-refractivity contribution in [3.05, 3.63) is 60.7 Å². The third-order valence-corrected chi connectivity index (χ3v) is 5.41. The van der Waals surface area contributed by atoms with Gasteiger partial charge in [-0.25, -0.2) is 4.98 Å². The molecule has 33 heavy (non-hydrogen) atoms. The summed E-state index contributed by atoms with van der Waals surface area (Å²) in [5.41, 5.74) is 2.87. The summed E-state index contributed by atoms with van der Waals surface area (Å²) in [5.74, 6) is 4.13. The lowest BCUT2D eigenvalue weighted by atomic mass is 10.1. The van der Waals surface area contributed by atoms with Crippen LogP contribution in [0.15, 0.2) is 60.7 Å². The first-order valence-electron chi connectivity index (χ1n) is 10.7. The molecule has 0 amide bonds. The molecule has 0 bridgehead atoms. The van der Waals surface area contributed by atoms with Crippen LogP contribution < -0.4 is 23.7 Å². The summed E-state index contributed by atoms with van der Waals surface area (Å²) in [4.78, 5) is 4.90. The Labute approximate surface area is 193 Å². The Kier molecular flexibility index (Phi) is 6.88. The second-order valence-electron chi connectivity index (χ2n) is 7.37. The van der Waals surface area contributed by atoms with E-state index in [1.54, 1.807) is 28.4 Å². The molecular formula is C26H28N2O5. The molecule has 0 atom stereocenters. The van der Waals surface area contributed by atoms with Crippen molar-refractivity contribution in [2.45, 2.75) is 13.0 Å². The van der Waals surface area contributed by atoms with E-state index in [4.69, 9.17) is 28.7 Å². The minimum Gasteiger partial charge on any atom is -0.497 e. The minimum atomic E-state index is 0.554. The molecule has 4 aromatic rings. The van der Waals surface area contributed by atoms with Gasteiger partial charge in [0.1, 0.15) is 17.3 Å². The summed E-state index contributed by atoms with van der Waals surface area (Å²) < 4.78 is 30.0. The third kappa shape index (κ3) is 4.67. The second-order valence-corrected chi connectivity index (χ2v) is 7.37. The van der Waals surface area contributed by atoms with Gasteiger partial charge in [0.15, 0.2) is 11.5 Å². The highest BCUT2D eigenvalue weighted by Crippen LogP contribution is 2.41. The van der Waals surface area contributed by atoms with Gasteiger partial charge in [0.2, 0.25) is 5.75 Å². The number of aromatic nitrogens is 2. The van der Waals surface area contributed by atoms with E-state index in [1.807, 2.05) is 54.6 Å². The van der Waals surface area contributed by atoms with E-state index in [2.05, 4.69) is 10.6 Å². The molecule has 0 fully saturated rings. The topological polar surface area (TPSA) is 64.0 Å². The molecule has 172 valence electrons. The monoisotopic (exact) mass is 448 g/mol. The molecule has 4 rings (SSSR count). The normalized spacial score (nSPS) is 10.8. The molecule has 3 aromatic carbocycles. The van der Waals surface area contributed by atoms with Crippen LogP contribution in [0.25, 0.3) is 22.4 Å². The number of rotatable bonds is 10. The maximum Gasteiger partial charge on any atom is 0.203 e. The highest BCUT2D eigenvalue weighted by Gasteiger charge is 2.18. The smallest absolute Gasteiger partial charge is 0.203 e. The van der Waals surface area contributed by atoms with E-state index >= 15 is 0 Å². The SMILES string of the molecule is COc1cccc(OCCCn2c(-c3cc(OC)c(OC)c(OC)c3)nc3ccccc32)c1. The van der Waals surface area contributed by atoms with Crippen LogP contribution in [0.4, 0.5) is 0 Å². The van der Waals surface area contributed by atoms with Crippen molar-refractivity contribution >= 4 is 11.0 Å². The summed E-state index contributed by atoms with van der Waals surface area (Å²) in [7, 11) is 6.46. The Morgan fingerprint density at radius 2 is 1.48 bits per heavy atom. The van der Waals surface area contributed by atoms with Crippen molar-refractivity contribution in [1.29, 1.82) is 0 Å². The summed E-state index contributed by atoms with van der Waals surface area (Å²) in [5, 5.41) is 0. The molecule has 0 aliphatic heterocycles. The van der Waals surface area contributed by atoms with Gasteiger partial charge in [-0.15, -0.1) is 0 Å². The first-order valence-corrected chi connectivity index (χ1v) is 10.7. The fourth-order valence-electron chi connectivity index (χ4n) is 3.84. The standard InChI is InChI=1S/C26H28N2O5/c1-29-19-9-7-10-20(17-19)33-14-8-13-28-22-12-6-5-11-21(22)27-26(28)18-15-23(30-2)25(32-4)24(16-18)31-3/h5-7,9-12,15-17H,8,13-14H2,1-4H3. The van der Waals surface area contributed by atoms with Crippen LogP contribution in [0.5, 0.6) is 28.7 Å². The fraction of sp³-hybridized carbons (Fsp3) is 0.269. The van der Waals surface area contributed by atoms with Crippen molar-refractivity contribution in [3.63, 3.8) is 0 Å². The van der Waals surface area contributed by atoms with Crippen LogP contribution in [-0.2, 0) is 6.54 Å². The van der Waals surface area contributed by atoms with Gasteiger partial charge in [-0.1, -0.05) is 18.2 Å². The van der Waals surface area contributed by atoms with E-state index in [-0.39, 0.29) is 0 Å². The Morgan fingerprint density at radius 1 is 0.758 bits per heavy atom. The maximum absolute atomic E-state index is 5.94. The Morgan fingerprint density at radius 3 is 2.18 bits per heavy atom. The van der Waals surface area contributed by atoms with E-state index in [0.29, 0.717) is 23.9 Å². The van der Waals surface area contributed by atoms with Crippen molar-refractivity contribution in [3.8, 4) is 40.1 Å². The van der Waals surface area contributed by atoms with Crippen LogP contribution in [0, 0.1) is 0 Å². The molecule has 1 aromatic heterocycles. The molecular weight excluding hydrogens is 420 g/mol. The first-order chi connectivity index (χ1) is 16.2. The van der Waals surface area contributed by atoms with E-state index in [0.717, 1.165) is 46.9 Å². The summed E-state index contributed by atoms with van der Waals surface area (Å²) in [6.45, 7) is 1.30. The molecule has 0 aliphatic carbocycles. The number of hydrogen-bond donors (Lipinski definition) is 0. The van der Waals surface area contributed by atoms with Crippen LogP contribution in [0.2, 0.25) is 0 Å². The average Bonchev–Trinajstić information content (AvgIpc) is 3.24. The van der Waals surface area contributed by atoms with Gasteiger partial charge >= 0.3 is 0 Å². The molecule has 0 spiro atoms. The predicted octanol–water partition coefficient (Wildman–Crippen LogP) is 5.21. The molecule has 7 nitrogen and oxygen atoms in total. The molecule has 0 N–H and O–H groups in total. The van der Waals surface area contributed by atoms with Crippen molar-refractivity contribution in [2.24, 2.45) is 0 Å². The fourth-order valence-corrected chi connectivity index (χ4v) is 3.84. The second kappa shape index (κ2) is 10.2. The highest BCUT2D eigenvalue weighted by atomic mass is 16.5. The molecule has 0 aliphatic rings. The zero-order valence-electron chi connectivity index (χ0n) is 19.3. The lowest BCUT2D eigenvalue weighted by molar-refractivity contribution is 0.300. The number of fused-ring (bicyclic) bond motifs is 1. The number of hydrogen-bond acceptors (Lipinski definition) is 6. The minimum absolute atomic E-state index is 0.554. The molecule has 0 unspecified atom stereocenters. The van der Waals surface area contributed by atoms with Gasteiger partial charge in [-0.3, -0.25) is 0 Å². The van der Waals surface area contributed by atoms with Gasteiger partial charge in [0, 0.05) is 18.2 Å². The molecule has 1 heterocycles. The van der Waals surface area contributed by atoms with Crippen LogP contribution in [-0.4, -0.2) is 44.6 Å². The molecule has 0 radical (unpaired) electrons. The zero-order chi connectivity index (χ0) is 23.2. The Balaban J connectivity index is 1.62. The third-order valence-electron chi connectivity index (χ3n) is 5.41. The summed E-state index contributed by atoms with van der Waals surface area (Å²) in [6, 6.07) is 19.6. The number of imidazole rings is 1. The largest absolute Gasteiger partial charge is 0.497 e. The Hall–Kier alpha value is -3.87. The lowest BCUT2D eigenvalue weighted by Crippen LogP contribution is -2.06. The number of aryl methyl sites for hydroxylation is 1. The van der Waals surface area contributed by atoms with Gasteiger partial charge in [0.05, 0.1) is 46.1 Å². The van der Waals surface area contributed by atoms with Crippen LogP contribution in [0.1, 0.15) is 6.42 Å². The van der Waals surface area contributed by atoms with Crippen molar-refractivity contribution < 1.29 is 23.7 Å². The number of benzene rings is 3. The lowest BCUT2D eigenvalue weighted by Gasteiger charge is -2.15. The van der Waals surface area contributed by atoms with Gasteiger partial charge in [-0.05, 0) is 42.8 Å². The van der Waals surface area contributed by atoms with Crippen LogP contribution >= 0.6 is 0 Å². The first kappa shape index (κ1) is 22.3. The predicted molar refractivity (Wildman–Crippen MR) is 128 cm³/mol. The van der Waals surface area contributed by atoms with Crippen LogP contribution in [0.3, 0.4) is 0 Å². The highest BCUT2D eigenvalue weighted by molar-refractivity contribution is 5.81. The Bertz CT molecular complexity index is 1210. The maximum atomic E-state index is 5.94. The van der Waals surface area contributed by atoms with Gasteiger partial charge < -0.3 is 28.3 Å². The number of para-hydroxylation sites is 2. The molecule has 7 heteroatoms. The number of methoxy groups -OCH3 is 4. The number of nitrogens with zero attached hydrogens (tertiary/aromatic N) is 2. The van der Waals surface area contributed by atoms with E-state index < -0.39 is 0 Å². The number of ether oxygens (including phenoxy) is 5. The summed E-state index contributed by atoms with van der Waals surface area (Å²) in [6.07, 6.45) is 0.801. The van der Waals surface area contributed by atoms with Crippen molar-refractivity contribution in [2.75, 3.05) is 35.0 Å². The van der Waals surface area contributed by atoms with Gasteiger partial charge in [0.25, 0.3) is 0 Å². The van der Waals surface area contributed by atoms with Crippen molar-refractivity contribution in [1.82, 2.24) is 9.55 Å². The average molecular weight is 449 g/mol. The van der Waals surface area contributed by atoms with E-state index in [9.17, 15) is 0 Å². The molecule has 0 saturated carbocycles. The van der Waals surface area contributed by atoms with Gasteiger partial charge in [-0.2, -0.15) is 0 Å². The molecule has 0 saturated heterocycles. The quantitative estimate of drug-likeness (QED) is 0.311. The zero-order valence-corrected chi connectivity index (χ0v) is 19.3. The van der Waals surface area contributed by atoms with E-state index in [1.165, 1.54) is 0 Å². The summed E-state index contributed by atoms with van der Waals surface area (Å²) >= 11 is 0.